The van der Waals surface area contributed by atoms with Crippen molar-refractivity contribution in [3.63, 3.8) is 0 Å². The second kappa shape index (κ2) is 13.8. The van der Waals surface area contributed by atoms with Gasteiger partial charge in [-0.15, -0.1) is 0 Å². The molecule has 2 aromatic heterocycles. The van der Waals surface area contributed by atoms with Crippen LogP contribution in [-0.4, -0.2) is 58.0 Å². The Bertz CT molecular complexity index is 1110. The fraction of sp³-hybridized carbons (Fsp3) is 0.609. The monoisotopic (exact) mass is 511 g/mol. The first-order chi connectivity index (χ1) is 16.7. The van der Waals surface area contributed by atoms with Gasteiger partial charge in [0.1, 0.15) is 5.52 Å². The predicted octanol–water partition coefficient (Wildman–Crippen LogP) is 2.70. The molecule has 2 aromatic rings. The summed E-state index contributed by atoms with van der Waals surface area (Å²) in [6.07, 6.45) is 1.94. The van der Waals surface area contributed by atoms with Crippen molar-refractivity contribution in [2.45, 2.75) is 66.3 Å². The molecule has 0 aliphatic carbocycles. The maximum absolute atomic E-state index is 12.6. The van der Waals surface area contributed by atoms with Crippen molar-refractivity contribution in [1.82, 2.24) is 14.1 Å². The number of esters is 3. The first kappa shape index (κ1) is 28.2. The summed E-state index contributed by atoms with van der Waals surface area (Å²) in [5.41, 5.74) is 0.502. The van der Waals surface area contributed by atoms with Gasteiger partial charge in [0.25, 0.3) is 5.56 Å². The molecule has 2 heterocycles. The Kier molecular flexibility index (Phi) is 11.1. The Balaban J connectivity index is 2.08. The lowest BCUT2D eigenvalue weighted by molar-refractivity contribution is -0.156. The van der Waals surface area contributed by atoms with Crippen molar-refractivity contribution in [2.24, 2.45) is 5.92 Å². The molecule has 0 aliphatic heterocycles. The number of hydrogen-bond donors (Lipinski definition) is 1. The van der Waals surface area contributed by atoms with Crippen molar-refractivity contribution in [2.75, 3.05) is 19.8 Å². The van der Waals surface area contributed by atoms with Gasteiger partial charge in [0, 0.05) is 31.5 Å². The molecule has 0 atom stereocenters. The zero-order chi connectivity index (χ0) is 26.0. The number of H-pyrrole nitrogens is 1. The summed E-state index contributed by atoms with van der Waals surface area (Å²) in [5.74, 6) is -1.98. The third-order valence-electron chi connectivity index (χ3n) is 5.04. The van der Waals surface area contributed by atoms with E-state index in [9.17, 15) is 19.2 Å². The molecule has 0 saturated carbocycles. The lowest BCUT2D eigenvalue weighted by Crippen LogP contribution is -2.25. The van der Waals surface area contributed by atoms with Crippen LogP contribution in [0, 0.1) is 10.7 Å². The van der Waals surface area contributed by atoms with E-state index in [1.807, 2.05) is 13.8 Å². The molecule has 0 spiro atoms. The smallest absolute Gasteiger partial charge is 0.308 e. The molecule has 0 fully saturated rings. The lowest BCUT2D eigenvalue weighted by atomic mass is 10.1. The summed E-state index contributed by atoms with van der Waals surface area (Å²) in [5, 5.41) is 0. The van der Waals surface area contributed by atoms with E-state index in [0.29, 0.717) is 24.2 Å². The highest BCUT2D eigenvalue weighted by atomic mass is 32.1. The second-order valence-corrected chi connectivity index (χ2v) is 8.53. The van der Waals surface area contributed by atoms with E-state index in [4.69, 9.17) is 31.2 Å². The first-order valence-electron chi connectivity index (χ1n) is 11.6. The number of carbonyl (C=O) groups excluding carboxylic acids is 3. The predicted molar refractivity (Wildman–Crippen MR) is 129 cm³/mol. The fourth-order valence-corrected chi connectivity index (χ4v) is 3.48. The van der Waals surface area contributed by atoms with E-state index in [-0.39, 0.29) is 50.1 Å². The highest BCUT2D eigenvalue weighted by Gasteiger charge is 2.20. The summed E-state index contributed by atoms with van der Waals surface area (Å²) < 4.78 is 24.7. The molecule has 0 saturated heterocycles. The van der Waals surface area contributed by atoms with Crippen molar-refractivity contribution in [1.29, 1.82) is 0 Å². The van der Waals surface area contributed by atoms with Crippen LogP contribution < -0.4 is 5.56 Å². The summed E-state index contributed by atoms with van der Waals surface area (Å²) in [7, 11) is 0. The molecule has 194 valence electrons. The Labute approximate surface area is 208 Å². The van der Waals surface area contributed by atoms with Crippen molar-refractivity contribution in [3.05, 3.63) is 27.4 Å². The molecule has 11 nitrogen and oxygen atoms in total. The van der Waals surface area contributed by atoms with Gasteiger partial charge in [-0.1, -0.05) is 13.8 Å². The van der Waals surface area contributed by atoms with Crippen LogP contribution in [0.15, 0.2) is 17.1 Å². The van der Waals surface area contributed by atoms with Gasteiger partial charge in [0.2, 0.25) is 0 Å². The molecule has 0 unspecified atom stereocenters. The van der Waals surface area contributed by atoms with Crippen LogP contribution in [-0.2, 0) is 46.6 Å². The zero-order valence-electron chi connectivity index (χ0n) is 20.5. The van der Waals surface area contributed by atoms with E-state index in [1.54, 1.807) is 30.7 Å². The maximum atomic E-state index is 12.6. The van der Waals surface area contributed by atoms with Crippen molar-refractivity contribution >= 4 is 41.2 Å². The Morgan fingerprint density at radius 1 is 1.03 bits per heavy atom. The average molecular weight is 512 g/mol. The van der Waals surface area contributed by atoms with Crippen LogP contribution in [0.2, 0.25) is 0 Å². The summed E-state index contributed by atoms with van der Waals surface area (Å²) in [6, 6.07) is 1.72. The zero-order valence-corrected chi connectivity index (χ0v) is 21.4. The van der Waals surface area contributed by atoms with Crippen molar-refractivity contribution in [3.8, 4) is 0 Å². The second-order valence-electron chi connectivity index (χ2n) is 8.14. The topological polar surface area (TPSA) is 131 Å². The Hall–Kier alpha value is -2.99. The lowest BCUT2D eigenvalue weighted by Gasteiger charge is -2.17. The van der Waals surface area contributed by atoms with Crippen LogP contribution in [0.4, 0.5) is 0 Å². The van der Waals surface area contributed by atoms with Crippen molar-refractivity contribution < 1.29 is 33.3 Å². The van der Waals surface area contributed by atoms with Gasteiger partial charge < -0.3 is 28.1 Å². The van der Waals surface area contributed by atoms with Crippen LogP contribution in [0.5, 0.6) is 0 Å². The third-order valence-corrected chi connectivity index (χ3v) is 5.36. The minimum absolute atomic E-state index is 0.0613. The van der Waals surface area contributed by atoms with Gasteiger partial charge in [-0.3, -0.25) is 24.2 Å². The van der Waals surface area contributed by atoms with Gasteiger partial charge >= 0.3 is 17.9 Å². The quantitative estimate of drug-likeness (QED) is 0.231. The number of ether oxygens (including phenoxy) is 4. The highest BCUT2D eigenvalue weighted by molar-refractivity contribution is 7.71. The summed E-state index contributed by atoms with van der Waals surface area (Å²) >= 11 is 5.30. The SMILES string of the molecule is CCC(=O)OCC(COC(=O)CC)CC(=O)OCn1ccc2c1c(=O)[nH]c(=S)n2CCOC(C)C. The third kappa shape index (κ3) is 8.62. The Morgan fingerprint density at radius 2 is 1.66 bits per heavy atom. The molecule has 35 heavy (non-hydrogen) atoms. The number of carbonyl (C=O) groups is 3. The number of aromatic nitrogens is 3. The first-order valence-corrected chi connectivity index (χ1v) is 12.0. The average Bonchev–Trinajstić information content (AvgIpc) is 3.25. The molecule has 0 amide bonds. The molecule has 1 N–H and O–H groups in total. The standard InChI is InChI=1S/C23H33N3O8S/c1-5-18(27)32-12-16(13-33-19(28)6-2)11-20(29)34-14-25-8-7-17-21(25)22(30)24-23(35)26(17)9-10-31-15(3)4/h7-8,15-16H,5-6,9-14H2,1-4H3,(H,24,30,35). The largest absolute Gasteiger partial charge is 0.465 e. The maximum Gasteiger partial charge on any atom is 0.308 e. The number of fused-ring (bicyclic) bond motifs is 1. The number of rotatable bonds is 14. The molecule has 2 rings (SSSR count). The van der Waals surface area contributed by atoms with Crippen LogP contribution in [0.1, 0.15) is 47.0 Å². The van der Waals surface area contributed by atoms with Gasteiger partial charge in [-0.2, -0.15) is 0 Å². The van der Waals surface area contributed by atoms with Crippen LogP contribution in [0.25, 0.3) is 11.0 Å². The highest BCUT2D eigenvalue weighted by Crippen LogP contribution is 2.14. The normalized spacial score (nSPS) is 11.3. The molecule has 12 heteroatoms. The number of aromatic amines is 1. The number of nitrogens with one attached hydrogen (secondary N) is 1. The van der Waals surface area contributed by atoms with Gasteiger partial charge in [-0.25, -0.2) is 0 Å². The van der Waals surface area contributed by atoms with E-state index in [1.165, 1.54) is 4.57 Å². The van der Waals surface area contributed by atoms with Crippen LogP contribution in [0.3, 0.4) is 0 Å². The number of hydrogen-bond acceptors (Lipinski definition) is 9. The van der Waals surface area contributed by atoms with E-state index >= 15 is 0 Å². The number of nitrogens with zero attached hydrogens (tertiary/aromatic N) is 2. The van der Waals surface area contributed by atoms with E-state index in [0.717, 1.165) is 0 Å². The molecule has 0 aromatic carbocycles. The van der Waals surface area contributed by atoms with Crippen LogP contribution >= 0.6 is 12.2 Å². The molecule has 0 aliphatic rings. The summed E-state index contributed by atoms with van der Waals surface area (Å²) in [4.78, 5) is 50.7. The minimum Gasteiger partial charge on any atom is -0.465 e. The fourth-order valence-electron chi connectivity index (χ4n) is 3.20. The summed E-state index contributed by atoms with van der Waals surface area (Å²) in [6.45, 7) is 7.67. The van der Waals surface area contributed by atoms with Gasteiger partial charge in [-0.05, 0) is 32.1 Å². The molecule has 0 bridgehead atoms. The molecular weight excluding hydrogens is 478 g/mol. The molecule has 0 radical (unpaired) electrons. The minimum atomic E-state index is -0.591. The Morgan fingerprint density at radius 3 is 2.23 bits per heavy atom. The van der Waals surface area contributed by atoms with E-state index < -0.39 is 29.4 Å². The van der Waals surface area contributed by atoms with E-state index in [2.05, 4.69) is 4.98 Å². The van der Waals surface area contributed by atoms with Gasteiger partial charge in [0.05, 0.1) is 37.9 Å². The van der Waals surface area contributed by atoms with Gasteiger partial charge in [0.15, 0.2) is 11.5 Å². The molecular formula is C23H33N3O8S.